The molecular formula is C16H16Cl2N2O5S. The van der Waals surface area contributed by atoms with Crippen molar-refractivity contribution >= 4 is 62.5 Å². The largest absolute Gasteiger partial charge is 0.495 e. The van der Waals surface area contributed by atoms with E-state index in [0.717, 1.165) is 11.3 Å². The summed E-state index contributed by atoms with van der Waals surface area (Å²) in [4.78, 5) is 35.4. The first kappa shape index (κ1) is 20.3. The van der Waals surface area contributed by atoms with E-state index in [1.54, 1.807) is 26.0 Å². The Hall–Kier alpha value is -2.03. The van der Waals surface area contributed by atoms with Gasteiger partial charge in [-0.1, -0.05) is 23.2 Å². The van der Waals surface area contributed by atoms with E-state index in [1.165, 1.54) is 7.11 Å². The standard InChI is InChI=1S/C16H16Cl2N2O5S/c1-7(2)19-16(23)20-10(21)6-25-15(22)14-11(17)8-4-5-9(24-3)12(18)13(8)26-14/h4-5,7H,6H2,1-3H3,(H2,19,20,21,23). The molecule has 0 bridgehead atoms. The molecule has 0 unspecified atom stereocenters. The summed E-state index contributed by atoms with van der Waals surface area (Å²) in [5.41, 5.74) is 0. The third kappa shape index (κ3) is 4.57. The molecule has 0 aliphatic rings. The molecule has 0 fully saturated rings. The van der Waals surface area contributed by atoms with Gasteiger partial charge in [-0.25, -0.2) is 9.59 Å². The lowest BCUT2D eigenvalue weighted by Crippen LogP contribution is -2.44. The highest BCUT2D eigenvalue weighted by molar-refractivity contribution is 7.22. The fourth-order valence-corrected chi connectivity index (χ4v) is 3.81. The topological polar surface area (TPSA) is 93.7 Å². The molecule has 0 atom stereocenters. The first-order valence-electron chi connectivity index (χ1n) is 7.46. The molecule has 140 valence electrons. The smallest absolute Gasteiger partial charge is 0.350 e. The minimum atomic E-state index is -0.786. The number of benzene rings is 1. The van der Waals surface area contributed by atoms with Crippen molar-refractivity contribution in [2.45, 2.75) is 19.9 Å². The quantitative estimate of drug-likeness (QED) is 0.723. The van der Waals surface area contributed by atoms with Crippen LogP contribution in [0.4, 0.5) is 4.79 Å². The van der Waals surface area contributed by atoms with Crippen molar-refractivity contribution in [2.24, 2.45) is 0 Å². The van der Waals surface area contributed by atoms with Gasteiger partial charge in [0.25, 0.3) is 5.91 Å². The Morgan fingerprint density at radius 3 is 2.50 bits per heavy atom. The van der Waals surface area contributed by atoms with Gasteiger partial charge in [0, 0.05) is 11.4 Å². The van der Waals surface area contributed by atoms with Gasteiger partial charge in [0.05, 0.1) is 16.8 Å². The minimum absolute atomic E-state index is 0.108. The van der Waals surface area contributed by atoms with E-state index in [-0.39, 0.29) is 15.9 Å². The highest BCUT2D eigenvalue weighted by atomic mass is 35.5. The fraction of sp³-hybridized carbons (Fsp3) is 0.312. The number of amides is 3. The van der Waals surface area contributed by atoms with Crippen LogP contribution in [0.5, 0.6) is 5.75 Å². The molecule has 0 spiro atoms. The van der Waals surface area contributed by atoms with Crippen molar-refractivity contribution in [3.63, 3.8) is 0 Å². The number of halogens is 2. The van der Waals surface area contributed by atoms with E-state index in [1.807, 2.05) is 0 Å². The molecule has 2 N–H and O–H groups in total. The Balaban J connectivity index is 2.08. The lowest BCUT2D eigenvalue weighted by atomic mass is 10.2. The number of carbonyl (C=O) groups excluding carboxylic acids is 3. The zero-order valence-electron chi connectivity index (χ0n) is 14.1. The number of methoxy groups -OCH3 is 1. The second-order valence-corrected chi connectivity index (χ2v) is 7.23. The molecule has 0 saturated carbocycles. The monoisotopic (exact) mass is 418 g/mol. The van der Waals surface area contributed by atoms with Gasteiger partial charge in [0.2, 0.25) is 0 Å². The van der Waals surface area contributed by atoms with Crippen LogP contribution in [-0.2, 0) is 9.53 Å². The number of nitrogens with one attached hydrogen (secondary N) is 2. The molecule has 1 aromatic carbocycles. The lowest BCUT2D eigenvalue weighted by Gasteiger charge is -2.09. The van der Waals surface area contributed by atoms with Crippen LogP contribution in [0.1, 0.15) is 23.5 Å². The van der Waals surface area contributed by atoms with Crippen LogP contribution in [0.25, 0.3) is 10.1 Å². The summed E-state index contributed by atoms with van der Waals surface area (Å²) in [6.07, 6.45) is 0. The van der Waals surface area contributed by atoms with Crippen molar-refractivity contribution in [2.75, 3.05) is 13.7 Å². The number of rotatable bonds is 5. The Bertz CT molecular complexity index is 866. The van der Waals surface area contributed by atoms with Gasteiger partial charge in [-0.05, 0) is 26.0 Å². The molecular weight excluding hydrogens is 403 g/mol. The van der Waals surface area contributed by atoms with Crippen LogP contribution < -0.4 is 15.4 Å². The molecule has 10 heteroatoms. The maximum Gasteiger partial charge on any atom is 0.350 e. The number of imide groups is 1. The van der Waals surface area contributed by atoms with Gasteiger partial charge in [-0.3, -0.25) is 10.1 Å². The van der Waals surface area contributed by atoms with E-state index < -0.39 is 24.5 Å². The number of hydrogen-bond donors (Lipinski definition) is 2. The predicted molar refractivity (Wildman–Crippen MR) is 100 cm³/mol. The van der Waals surface area contributed by atoms with Crippen molar-refractivity contribution < 1.29 is 23.9 Å². The average molecular weight is 419 g/mol. The van der Waals surface area contributed by atoms with Crippen LogP contribution in [0, 0.1) is 0 Å². The summed E-state index contributed by atoms with van der Waals surface area (Å²) in [5.74, 6) is -1.09. The normalized spacial score (nSPS) is 10.7. The van der Waals surface area contributed by atoms with Gasteiger partial charge in [-0.15, -0.1) is 11.3 Å². The summed E-state index contributed by atoms with van der Waals surface area (Å²) in [6, 6.07) is 2.52. The van der Waals surface area contributed by atoms with Crippen LogP contribution in [0.2, 0.25) is 10.0 Å². The number of fused-ring (bicyclic) bond motifs is 1. The minimum Gasteiger partial charge on any atom is -0.495 e. The molecule has 0 saturated heterocycles. The number of hydrogen-bond acceptors (Lipinski definition) is 6. The molecule has 0 aliphatic heterocycles. The number of urea groups is 1. The third-order valence-electron chi connectivity index (χ3n) is 3.11. The first-order chi connectivity index (χ1) is 12.2. The molecule has 7 nitrogen and oxygen atoms in total. The molecule has 26 heavy (non-hydrogen) atoms. The summed E-state index contributed by atoms with van der Waals surface area (Å²) in [7, 11) is 1.48. The second kappa shape index (κ2) is 8.57. The summed E-state index contributed by atoms with van der Waals surface area (Å²) in [6.45, 7) is 2.87. The van der Waals surface area contributed by atoms with E-state index >= 15 is 0 Å². The highest BCUT2D eigenvalue weighted by Gasteiger charge is 2.22. The summed E-state index contributed by atoms with van der Waals surface area (Å²) >= 11 is 13.5. The van der Waals surface area contributed by atoms with Crippen molar-refractivity contribution in [1.82, 2.24) is 10.6 Å². The van der Waals surface area contributed by atoms with E-state index in [0.29, 0.717) is 20.9 Å². The van der Waals surface area contributed by atoms with Crippen LogP contribution >= 0.6 is 34.5 Å². The van der Waals surface area contributed by atoms with E-state index in [2.05, 4.69) is 10.6 Å². The molecule has 1 heterocycles. The van der Waals surface area contributed by atoms with Gasteiger partial charge in [0.15, 0.2) is 6.61 Å². The van der Waals surface area contributed by atoms with E-state index in [4.69, 9.17) is 32.7 Å². The number of esters is 1. The third-order valence-corrected chi connectivity index (χ3v) is 5.31. The Morgan fingerprint density at radius 1 is 1.19 bits per heavy atom. The number of thiophene rings is 1. The Labute approximate surface area is 163 Å². The zero-order valence-corrected chi connectivity index (χ0v) is 16.5. The maximum atomic E-state index is 12.2. The molecule has 3 amide bonds. The predicted octanol–water partition coefficient (Wildman–Crippen LogP) is 3.61. The van der Waals surface area contributed by atoms with Gasteiger partial charge < -0.3 is 14.8 Å². The van der Waals surface area contributed by atoms with Crippen molar-refractivity contribution in [3.8, 4) is 5.75 Å². The lowest BCUT2D eigenvalue weighted by molar-refractivity contribution is -0.123. The van der Waals surface area contributed by atoms with Gasteiger partial charge >= 0.3 is 12.0 Å². The van der Waals surface area contributed by atoms with E-state index in [9.17, 15) is 14.4 Å². The Morgan fingerprint density at radius 2 is 1.88 bits per heavy atom. The first-order valence-corrected chi connectivity index (χ1v) is 9.03. The van der Waals surface area contributed by atoms with Crippen LogP contribution in [0.3, 0.4) is 0 Å². The van der Waals surface area contributed by atoms with Crippen LogP contribution in [0.15, 0.2) is 12.1 Å². The zero-order chi connectivity index (χ0) is 19.4. The molecule has 0 aliphatic carbocycles. The van der Waals surface area contributed by atoms with Crippen molar-refractivity contribution in [3.05, 3.63) is 27.1 Å². The van der Waals surface area contributed by atoms with Crippen molar-refractivity contribution in [1.29, 1.82) is 0 Å². The summed E-state index contributed by atoms with van der Waals surface area (Å²) in [5, 5.41) is 5.62. The Kier molecular flexibility index (Phi) is 6.69. The number of carbonyl (C=O) groups is 3. The molecule has 0 radical (unpaired) electrons. The average Bonchev–Trinajstić information content (AvgIpc) is 2.90. The summed E-state index contributed by atoms with van der Waals surface area (Å²) < 4.78 is 10.6. The SMILES string of the molecule is COc1ccc2c(Cl)c(C(=O)OCC(=O)NC(=O)NC(C)C)sc2c1Cl. The van der Waals surface area contributed by atoms with Gasteiger partial charge in [0.1, 0.15) is 15.6 Å². The van der Waals surface area contributed by atoms with Gasteiger partial charge in [-0.2, -0.15) is 0 Å². The van der Waals surface area contributed by atoms with Crippen LogP contribution in [-0.4, -0.2) is 37.7 Å². The number of ether oxygens (including phenoxy) is 2. The fourth-order valence-electron chi connectivity index (χ4n) is 2.03. The maximum absolute atomic E-state index is 12.2. The second-order valence-electron chi connectivity index (χ2n) is 5.46. The molecule has 1 aromatic heterocycles. The molecule has 2 rings (SSSR count). The molecule has 2 aromatic rings. The highest BCUT2D eigenvalue weighted by Crippen LogP contribution is 2.43.